The van der Waals surface area contributed by atoms with Gasteiger partial charge in [0, 0.05) is 12.8 Å². The monoisotopic (exact) mass is 317 g/mol. The molecule has 0 bridgehead atoms. The highest BCUT2D eigenvalue weighted by Gasteiger charge is 2.59. The zero-order valence-corrected chi connectivity index (χ0v) is 11.9. The number of rotatable bonds is 3. The molecule has 4 atom stereocenters. The second-order valence-electron chi connectivity index (χ2n) is 5.94. The molecule has 2 saturated heterocycles. The molecule has 3 N–H and O–H groups in total. The molecule has 2 aliphatic heterocycles. The van der Waals surface area contributed by atoms with Gasteiger partial charge in [-0.2, -0.15) is 0 Å². The standard InChI is InChI=1S/C13H18N4O5/c14-10(19)11-15-6-17(16-11)12-9-8(7(5-18)20-12)21-13(22-9)3-1-2-4-13/h6-9,12,18H,1-5H2,(H2,14,19)/t7-,8-,9-,12-/m0/s1/i6+1,10+1,11+1,14+1,15+1,16+1,17+1. The van der Waals surface area contributed by atoms with E-state index in [1.54, 1.807) is 0 Å². The van der Waals surface area contributed by atoms with E-state index >= 15 is 0 Å². The van der Waals surface area contributed by atoms with Crippen molar-refractivity contribution in [2.24, 2.45) is 5.73 Å². The molecule has 1 spiro atoms. The van der Waals surface area contributed by atoms with E-state index in [0.717, 1.165) is 25.7 Å². The summed E-state index contributed by atoms with van der Waals surface area (Å²) < 4.78 is 19.4. The molecule has 1 aromatic heterocycles. The lowest BCUT2D eigenvalue weighted by Gasteiger charge is -2.26. The van der Waals surface area contributed by atoms with Crippen LogP contribution in [0.25, 0.3) is 0 Å². The number of aliphatic hydroxyl groups is 1. The topological polar surface area (TPSA) is 122 Å². The Hall–Kier alpha value is -1.55. The number of amides is 1. The molecule has 1 amide bonds. The zero-order valence-electron chi connectivity index (χ0n) is 11.9. The number of primary amides is 1. The summed E-state index contributed by atoms with van der Waals surface area (Å²) in [5.41, 5.74) is 5.17. The van der Waals surface area contributed by atoms with Crippen molar-refractivity contribution in [3.63, 3.8) is 0 Å². The summed E-state index contributed by atoms with van der Waals surface area (Å²) in [6.07, 6.45) is 3.35. The van der Waals surface area contributed by atoms with E-state index in [2.05, 4.69) is 10.1 Å². The third-order valence-electron chi connectivity index (χ3n) is 4.52. The van der Waals surface area contributed by atoms with E-state index in [-0.39, 0.29) is 18.5 Å². The van der Waals surface area contributed by atoms with Crippen LogP contribution in [0.5, 0.6) is 0 Å². The Kier molecular flexibility index (Phi) is 3.19. The fourth-order valence-electron chi connectivity index (χ4n) is 3.52. The number of nitrogens with two attached hydrogens (primary N) is 1. The lowest BCUT2D eigenvalue weighted by molar-refractivity contribution is -0.217. The SMILES string of the molecule is [15NH2][13C](=O)[13c]1[15n][13cH][15n]([C@H]2O[C@@H](CO)[C@@H]3OC4(CCCC4)O[C@@H]32)[15n]1. The van der Waals surface area contributed by atoms with Gasteiger partial charge >= 0.3 is 0 Å². The average Bonchev–Trinajstić information content (AvgIpc) is 3.24. The van der Waals surface area contributed by atoms with Gasteiger partial charge in [0.05, 0.1) is 6.61 Å². The molecule has 120 valence electrons. The highest BCUT2D eigenvalue weighted by molar-refractivity contribution is 5.88. The van der Waals surface area contributed by atoms with Crippen LogP contribution in [0.4, 0.5) is 0 Å². The minimum atomic E-state index is -0.706. The largest absolute Gasteiger partial charge is 0.394 e. The Morgan fingerprint density at radius 3 is 2.77 bits per heavy atom. The van der Waals surface area contributed by atoms with Crippen molar-refractivity contribution < 1.29 is 24.1 Å². The van der Waals surface area contributed by atoms with Crippen molar-refractivity contribution in [2.45, 2.75) is 56.0 Å². The van der Waals surface area contributed by atoms with Crippen LogP contribution in [0.15, 0.2) is 6.33 Å². The normalized spacial score (nSPS) is 36.0. The highest BCUT2D eigenvalue weighted by Crippen LogP contribution is 2.48. The lowest BCUT2D eigenvalue weighted by Crippen LogP contribution is -2.33. The van der Waals surface area contributed by atoms with Gasteiger partial charge in [-0.25, -0.2) is 9.67 Å². The van der Waals surface area contributed by atoms with Crippen molar-refractivity contribution in [3.8, 4) is 0 Å². The van der Waals surface area contributed by atoms with Crippen molar-refractivity contribution >= 4 is 5.91 Å². The Labute approximate surface area is 126 Å². The molecule has 9 heteroatoms. The molecular formula is C13H18N4O5. The molecule has 0 radical (unpaired) electrons. The summed E-state index contributed by atoms with van der Waals surface area (Å²) in [6.45, 7) is -0.172. The molecule has 3 heterocycles. The maximum Gasteiger partial charge on any atom is 0.288 e. The van der Waals surface area contributed by atoms with Crippen LogP contribution >= 0.6 is 0 Å². The number of nitrogens with zero attached hydrogens (tertiary/aromatic N) is 3. The van der Waals surface area contributed by atoms with E-state index in [4.69, 9.17) is 19.9 Å². The number of hydrogen-bond donors (Lipinski definition) is 2. The Morgan fingerprint density at radius 2 is 2.14 bits per heavy atom. The number of aromatic nitrogens is 3. The summed E-state index contributed by atoms with van der Waals surface area (Å²) in [5, 5.41) is 13.5. The van der Waals surface area contributed by atoms with Crippen molar-refractivity contribution in [2.75, 3.05) is 6.61 Å². The number of ether oxygens (including phenoxy) is 3. The van der Waals surface area contributed by atoms with E-state index in [1.165, 1.54) is 11.0 Å². The molecule has 0 aromatic carbocycles. The summed E-state index contributed by atoms with van der Waals surface area (Å²) in [4.78, 5) is 15.0. The predicted octanol–water partition coefficient (Wildman–Crippen LogP) is -0.679. The van der Waals surface area contributed by atoms with Gasteiger partial charge in [0.25, 0.3) is 5.91 Å². The summed E-state index contributed by atoms with van der Waals surface area (Å²) in [6, 6.07) is 0. The molecule has 4 rings (SSSR count). The number of aliphatic hydroxyl groups excluding tert-OH is 1. The smallest absolute Gasteiger partial charge is 0.288 e. The fourth-order valence-corrected chi connectivity index (χ4v) is 3.52. The molecule has 1 aliphatic carbocycles. The molecule has 9 nitrogen and oxygen atoms in total. The number of fused-ring (bicyclic) bond motifs is 1. The zero-order chi connectivity index (χ0) is 15.3. The number of carbonyl (C=O) groups is 1. The van der Waals surface area contributed by atoms with E-state index in [0.29, 0.717) is 0 Å². The van der Waals surface area contributed by atoms with Gasteiger partial charge in [-0.3, -0.25) is 4.79 Å². The molecule has 1 saturated carbocycles. The lowest BCUT2D eigenvalue weighted by atomic mass is 10.1. The van der Waals surface area contributed by atoms with Gasteiger partial charge in [-0.05, 0) is 12.8 Å². The van der Waals surface area contributed by atoms with Crippen LogP contribution in [0.3, 0.4) is 0 Å². The maximum absolute atomic E-state index is 11.1. The first kappa shape index (κ1) is 14.1. The Balaban J connectivity index is 1.61. The highest BCUT2D eigenvalue weighted by atomic mass is 16.8. The molecular weight excluding hydrogens is 299 g/mol. The minimum absolute atomic E-state index is 0.0814. The van der Waals surface area contributed by atoms with Crippen LogP contribution in [0, 0.1) is 0 Å². The van der Waals surface area contributed by atoms with Gasteiger partial charge in [0.15, 0.2) is 12.0 Å². The third-order valence-corrected chi connectivity index (χ3v) is 4.52. The first-order valence-corrected chi connectivity index (χ1v) is 7.45. The minimum Gasteiger partial charge on any atom is -0.394 e. The number of carbonyl (C=O) groups excluding carboxylic acids is 1. The van der Waals surface area contributed by atoms with Crippen LogP contribution in [-0.4, -0.2) is 56.5 Å². The van der Waals surface area contributed by atoms with Crippen LogP contribution in [0.1, 0.15) is 42.5 Å². The maximum atomic E-state index is 11.1. The third kappa shape index (κ3) is 2.04. The summed E-state index contributed by atoms with van der Waals surface area (Å²) in [7, 11) is 0. The number of hydrogen-bond acceptors (Lipinski definition) is 7. The molecule has 1 aromatic rings. The Morgan fingerprint density at radius 1 is 1.41 bits per heavy atom. The van der Waals surface area contributed by atoms with Crippen molar-refractivity contribution in [3.05, 3.63) is 12.2 Å². The van der Waals surface area contributed by atoms with E-state index < -0.39 is 30.1 Å². The second-order valence-corrected chi connectivity index (χ2v) is 5.94. The quantitative estimate of drug-likeness (QED) is 0.559. The van der Waals surface area contributed by atoms with Crippen LogP contribution in [0.2, 0.25) is 0 Å². The Bertz CT molecular complexity index is 585. The molecule has 22 heavy (non-hydrogen) atoms. The second kappa shape index (κ2) is 4.98. The van der Waals surface area contributed by atoms with Crippen LogP contribution < -0.4 is 5.73 Å². The van der Waals surface area contributed by atoms with E-state index in [9.17, 15) is 9.90 Å². The summed E-state index contributed by atoms with van der Waals surface area (Å²) in [5.74, 6) is -1.36. The van der Waals surface area contributed by atoms with Gasteiger partial charge < -0.3 is 25.1 Å². The molecule has 0 unspecified atom stereocenters. The van der Waals surface area contributed by atoms with Crippen molar-refractivity contribution in [1.29, 1.82) is 0 Å². The predicted molar refractivity (Wildman–Crippen MR) is 70.5 cm³/mol. The van der Waals surface area contributed by atoms with Gasteiger partial charge in [0.1, 0.15) is 24.6 Å². The molecule has 3 fully saturated rings. The van der Waals surface area contributed by atoms with E-state index in [1.807, 2.05) is 0 Å². The first-order valence-electron chi connectivity index (χ1n) is 7.45. The van der Waals surface area contributed by atoms with Gasteiger partial charge in [-0.1, -0.05) is 0 Å². The fraction of sp³-hybridized carbons (Fsp3) is 0.769. The van der Waals surface area contributed by atoms with Gasteiger partial charge in [0.2, 0.25) is 5.82 Å². The molecule has 3 aliphatic rings. The van der Waals surface area contributed by atoms with Crippen LogP contribution in [-0.2, 0) is 14.2 Å². The van der Waals surface area contributed by atoms with Gasteiger partial charge in [-0.15, -0.1) is 5.10 Å². The first-order chi connectivity index (χ1) is 10.6. The van der Waals surface area contributed by atoms with Crippen molar-refractivity contribution in [1.82, 2.24) is 14.8 Å². The average molecular weight is 317 g/mol. The summed E-state index contributed by atoms with van der Waals surface area (Å²) >= 11 is 0.